The van der Waals surface area contributed by atoms with Crippen LogP contribution in [0.25, 0.3) is 4.96 Å². The number of ether oxygens (including phenoxy) is 1. The molecule has 0 atom stereocenters. The number of thiazole rings is 1. The van der Waals surface area contributed by atoms with Crippen LogP contribution in [0.4, 0.5) is 0 Å². The topological polar surface area (TPSA) is 67.2 Å². The van der Waals surface area contributed by atoms with Gasteiger partial charge in [0, 0.05) is 49.9 Å². The first-order chi connectivity index (χ1) is 12.2. The van der Waals surface area contributed by atoms with Gasteiger partial charge in [-0.3, -0.25) is 14.0 Å². The number of likely N-dealkylation sites (tertiary alicyclic amines) is 1. The second-order valence-corrected chi connectivity index (χ2v) is 7.47. The van der Waals surface area contributed by atoms with E-state index in [1.807, 2.05) is 32.0 Å². The molecule has 2 aliphatic heterocycles. The van der Waals surface area contributed by atoms with Gasteiger partial charge in [0.15, 0.2) is 4.96 Å². The summed E-state index contributed by atoms with van der Waals surface area (Å²) in [7, 11) is 0. The molecule has 4 rings (SSSR count). The Kier molecular flexibility index (Phi) is 4.72. The summed E-state index contributed by atoms with van der Waals surface area (Å²) < 4.78 is 7.25. The van der Waals surface area contributed by atoms with Gasteiger partial charge in [-0.25, -0.2) is 4.98 Å². The van der Waals surface area contributed by atoms with Crippen LogP contribution >= 0.6 is 11.3 Å². The monoisotopic (exact) mass is 362 g/mol. The van der Waals surface area contributed by atoms with Gasteiger partial charge < -0.3 is 14.5 Å². The quantitative estimate of drug-likeness (QED) is 0.818. The summed E-state index contributed by atoms with van der Waals surface area (Å²) in [5.41, 5.74) is 0.809. The normalized spacial score (nSPS) is 19.5. The van der Waals surface area contributed by atoms with E-state index >= 15 is 0 Å². The van der Waals surface area contributed by atoms with Crippen molar-refractivity contribution in [2.45, 2.75) is 19.3 Å². The molecule has 2 amide bonds. The summed E-state index contributed by atoms with van der Waals surface area (Å²) in [5, 5.41) is 1.98. The Balaban J connectivity index is 1.29. The number of nitrogens with zero attached hydrogens (tertiary/aromatic N) is 4. The highest BCUT2D eigenvalue weighted by Crippen LogP contribution is 2.21. The molecule has 2 aromatic rings. The summed E-state index contributed by atoms with van der Waals surface area (Å²) in [5.74, 6) is 0.368. The van der Waals surface area contributed by atoms with Gasteiger partial charge in [-0.2, -0.15) is 0 Å². The van der Waals surface area contributed by atoms with Gasteiger partial charge in [-0.05, 0) is 12.8 Å². The summed E-state index contributed by atoms with van der Waals surface area (Å²) in [6.45, 7) is 3.95. The minimum Gasteiger partial charge on any atom is -0.378 e. The number of hydrogen-bond acceptors (Lipinski definition) is 5. The van der Waals surface area contributed by atoms with E-state index in [-0.39, 0.29) is 17.7 Å². The third kappa shape index (κ3) is 3.55. The van der Waals surface area contributed by atoms with Crippen molar-refractivity contribution in [2.24, 2.45) is 5.92 Å². The maximum Gasteiger partial charge on any atom is 0.228 e. The molecular formula is C17H22N4O3S. The Bertz CT molecular complexity index is 728. The van der Waals surface area contributed by atoms with Crippen molar-refractivity contribution < 1.29 is 14.3 Å². The number of aromatic nitrogens is 2. The summed E-state index contributed by atoms with van der Waals surface area (Å²) in [4.78, 5) is 34.2. The fraction of sp³-hybridized carbons (Fsp3) is 0.588. The van der Waals surface area contributed by atoms with Crippen molar-refractivity contribution in [1.29, 1.82) is 0 Å². The van der Waals surface area contributed by atoms with E-state index in [4.69, 9.17) is 4.74 Å². The maximum atomic E-state index is 12.5. The Hall–Kier alpha value is -1.93. The van der Waals surface area contributed by atoms with E-state index in [9.17, 15) is 9.59 Å². The number of piperidine rings is 1. The van der Waals surface area contributed by atoms with E-state index in [2.05, 4.69) is 4.98 Å². The highest BCUT2D eigenvalue weighted by atomic mass is 32.1. The molecule has 0 aliphatic carbocycles. The van der Waals surface area contributed by atoms with Crippen molar-refractivity contribution in [3.05, 3.63) is 23.5 Å². The lowest BCUT2D eigenvalue weighted by Crippen LogP contribution is -2.47. The van der Waals surface area contributed by atoms with Crippen molar-refractivity contribution in [2.75, 3.05) is 39.4 Å². The Morgan fingerprint density at radius 3 is 2.64 bits per heavy atom. The molecule has 0 spiro atoms. The number of amides is 2. The Morgan fingerprint density at radius 2 is 1.92 bits per heavy atom. The van der Waals surface area contributed by atoms with Crippen molar-refractivity contribution >= 4 is 28.1 Å². The average molecular weight is 362 g/mol. The second kappa shape index (κ2) is 7.13. The zero-order valence-corrected chi connectivity index (χ0v) is 14.9. The van der Waals surface area contributed by atoms with Crippen LogP contribution in [0.2, 0.25) is 0 Å². The van der Waals surface area contributed by atoms with E-state index in [1.165, 1.54) is 0 Å². The minimum atomic E-state index is 0.0418. The number of fused-ring (bicyclic) bond motifs is 1. The van der Waals surface area contributed by atoms with Crippen LogP contribution < -0.4 is 0 Å². The smallest absolute Gasteiger partial charge is 0.228 e. The van der Waals surface area contributed by atoms with Gasteiger partial charge in [0.1, 0.15) is 0 Å². The first-order valence-electron chi connectivity index (χ1n) is 8.76. The fourth-order valence-corrected chi connectivity index (χ4v) is 4.26. The van der Waals surface area contributed by atoms with Crippen molar-refractivity contribution in [3.63, 3.8) is 0 Å². The molecule has 0 aromatic carbocycles. The lowest BCUT2D eigenvalue weighted by atomic mass is 9.95. The molecule has 0 N–H and O–H groups in total. The Morgan fingerprint density at radius 1 is 1.16 bits per heavy atom. The first-order valence-corrected chi connectivity index (χ1v) is 9.64. The molecule has 2 aliphatic rings. The molecule has 2 saturated heterocycles. The molecule has 0 saturated carbocycles. The predicted octanol–water partition coefficient (Wildman–Crippen LogP) is 1.04. The van der Waals surface area contributed by atoms with Crippen LogP contribution in [-0.2, 0) is 20.7 Å². The van der Waals surface area contributed by atoms with Gasteiger partial charge in [0.05, 0.1) is 25.3 Å². The molecular weight excluding hydrogens is 340 g/mol. The van der Waals surface area contributed by atoms with E-state index in [0.29, 0.717) is 45.8 Å². The molecule has 0 radical (unpaired) electrons. The van der Waals surface area contributed by atoms with Crippen molar-refractivity contribution in [3.8, 4) is 0 Å². The third-order valence-electron chi connectivity index (χ3n) is 5.00. The number of hydrogen-bond donors (Lipinski definition) is 0. The second-order valence-electron chi connectivity index (χ2n) is 6.59. The lowest BCUT2D eigenvalue weighted by molar-refractivity contribution is -0.143. The molecule has 4 heterocycles. The summed E-state index contributed by atoms with van der Waals surface area (Å²) >= 11 is 1.56. The average Bonchev–Trinajstić information content (AvgIpc) is 3.23. The van der Waals surface area contributed by atoms with E-state index in [1.54, 1.807) is 11.3 Å². The van der Waals surface area contributed by atoms with Gasteiger partial charge in [0.25, 0.3) is 0 Å². The number of carbonyl (C=O) groups is 2. The minimum absolute atomic E-state index is 0.0418. The molecule has 2 aromatic heterocycles. The van der Waals surface area contributed by atoms with Gasteiger partial charge >= 0.3 is 0 Å². The van der Waals surface area contributed by atoms with Crippen LogP contribution in [0.15, 0.2) is 17.8 Å². The lowest BCUT2D eigenvalue weighted by Gasteiger charge is -2.35. The molecule has 8 heteroatoms. The van der Waals surface area contributed by atoms with Crippen LogP contribution in [0.1, 0.15) is 18.5 Å². The Labute approximate surface area is 150 Å². The van der Waals surface area contributed by atoms with Gasteiger partial charge in [-0.15, -0.1) is 11.3 Å². The number of carbonyl (C=O) groups excluding carboxylic acids is 2. The molecule has 25 heavy (non-hydrogen) atoms. The zero-order valence-electron chi connectivity index (χ0n) is 14.1. The largest absolute Gasteiger partial charge is 0.378 e. The molecule has 0 bridgehead atoms. The fourth-order valence-electron chi connectivity index (χ4n) is 3.55. The number of morpholine rings is 1. The van der Waals surface area contributed by atoms with E-state index < -0.39 is 0 Å². The summed E-state index contributed by atoms with van der Waals surface area (Å²) in [6.07, 6.45) is 5.69. The molecule has 0 unspecified atom stereocenters. The third-order valence-corrected chi connectivity index (χ3v) is 5.77. The van der Waals surface area contributed by atoms with E-state index in [0.717, 1.165) is 23.5 Å². The standard InChI is InChI=1S/C17H22N4O3S/c22-15(11-14-12-21-7-10-25-17(21)18-14)19-3-1-13(2-4-19)16(23)20-5-8-24-9-6-20/h7,10,12-13H,1-6,8-9,11H2. The number of imidazole rings is 1. The highest BCUT2D eigenvalue weighted by Gasteiger charge is 2.31. The number of rotatable bonds is 3. The SMILES string of the molecule is O=C(Cc1cn2ccsc2n1)N1CCC(C(=O)N2CCOCC2)CC1. The summed E-state index contributed by atoms with van der Waals surface area (Å²) in [6, 6.07) is 0. The molecule has 134 valence electrons. The molecule has 7 nitrogen and oxygen atoms in total. The van der Waals surface area contributed by atoms with Crippen LogP contribution in [0.5, 0.6) is 0 Å². The zero-order chi connectivity index (χ0) is 17.2. The van der Waals surface area contributed by atoms with Gasteiger partial charge in [0.2, 0.25) is 11.8 Å². The van der Waals surface area contributed by atoms with Crippen molar-refractivity contribution in [1.82, 2.24) is 19.2 Å². The van der Waals surface area contributed by atoms with Gasteiger partial charge in [-0.1, -0.05) is 0 Å². The first kappa shape index (κ1) is 16.5. The predicted molar refractivity (Wildman–Crippen MR) is 93.5 cm³/mol. The maximum absolute atomic E-state index is 12.5. The van der Waals surface area contributed by atoms with Crippen LogP contribution in [-0.4, -0.2) is 70.4 Å². The molecule has 2 fully saturated rings. The van der Waals surface area contributed by atoms with Crippen LogP contribution in [0, 0.1) is 5.92 Å². The highest BCUT2D eigenvalue weighted by molar-refractivity contribution is 7.15. The van der Waals surface area contributed by atoms with Crippen LogP contribution in [0.3, 0.4) is 0 Å².